The molecule has 2 rings (SSSR count). The van der Waals surface area contributed by atoms with E-state index in [1.165, 1.54) is 37.7 Å². The van der Waals surface area contributed by atoms with E-state index >= 15 is 0 Å². The van der Waals surface area contributed by atoms with Crippen LogP contribution in [-0.4, -0.2) is 44.0 Å². The van der Waals surface area contributed by atoms with Crippen molar-refractivity contribution in [3.63, 3.8) is 0 Å². The highest BCUT2D eigenvalue weighted by Crippen LogP contribution is 2.22. The maximum Gasteiger partial charge on any atom is 0.241 e. The van der Waals surface area contributed by atoms with Crippen LogP contribution in [0.2, 0.25) is 0 Å². The summed E-state index contributed by atoms with van der Waals surface area (Å²) in [5, 5.41) is 10.7. The summed E-state index contributed by atoms with van der Waals surface area (Å²) in [5.74, 6) is 1.51. The van der Waals surface area contributed by atoms with E-state index in [4.69, 9.17) is 0 Å². The van der Waals surface area contributed by atoms with E-state index < -0.39 is 0 Å². The number of thiophene rings is 1. The first-order valence-corrected chi connectivity index (χ1v) is 9.33. The molecular weight excluding hydrogens is 308 g/mol. The number of guanidine groups is 1. The van der Waals surface area contributed by atoms with Crippen LogP contribution in [0.4, 0.5) is 0 Å². The van der Waals surface area contributed by atoms with Crippen LogP contribution >= 0.6 is 11.3 Å². The third-order valence-electron chi connectivity index (χ3n) is 4.19. The highest BCUT2D eigenvalue weighted by molar-refractivity contribution is 7.07. The van der Waals surface area contributed by atoms with Crippen LogP contribution in [0.3, 0.4) is 0 Å². The standard InChI is InChI=1S/C17H28N4OS/c1-21(2)16(22)12-20-17(19-11-15-8-9-23-13-15)18-10-14-6-4-3-5-7-14/h8-9,13-14H,3-7,10-12H2,1-2H3,(H2,18,19,20). The van der Waals surface area contributed by atoms with Crippen LogP contribution in [0.1, 0.15) is 37.7 Å². The number of carbonyl (C=O) groups excluding carboxylic acids is 1. The van der Waals surface area contributed by atoms with E-state index in [9.17, 15) is 4.79 Å². The maximum atomic E-state index is 11.8. The van der Waals surface area contributed by atoms with Crippen molar-refractivity contribution in [1.82, 2.24) is 15.5 Å². The number of nitrogens with one attached hydrogen (secondary N) is 2. The first-order chi connectivity index (χ1) is 11.1. The van der Waals surface area contributed by atoms with Crippen LogP contribution < -0.4 is 10.6 Å². The van der Waals surface area contributed by atoms with Gasteiger partial charge in [-0.2, -0.15) is 11.3 Å². The Morgan fingerprint density at radius 1 is 1.30 bits per heavy atom. The highest BCUT2D eigenvalue weighted by Gasteiger charge is 2.14. The molecule has 0 saturated heterocycles. The summed E-state index contributed by atoms with van der Waals surface area (Å²) in [4.78, 5) is 18.0. The zero-order chi connectivity index (χ0) is 16.5. The second-order valence-corrected chi connectivity index (χ2v) is 7.10. The number of nitrogens with zero attached hydrogens (tertiary/aromatic N) is 2. The smallest absolute Gasteiger partial charge is 0.241 e. The number of amides is 1. The molecule has 0 aromatic carbocycles. The van der Waals surface area contributed by atoms with Gasteiger partial charge < -0.3 is 15.5 Å². The molecule has 0 radical (unpaired) electrons. The van der Waals surface area contributed by atoms with Gasteiger partial charge in [0.25, 0.3) is 0 Å². The molecule has 0 bridgehead atoms. The lowest BCUT2D eigenvalue weighted by molar-refractivity contribution is -0.127. The molecule has 0 spiro atoms. The average molecular weight is 337 g/mol. The first-order valence-electron chi connectivity index (χ1n) is 8.38. The van der Waals surface area contributed by atoms with E-state index in [1.807, 2.05) is 0 Å². The largest absolute Gasteiger partial charge is 0.356 e. The predicted molar refractivity (Wildman–Crippen MR) is 96.7 cm³/mol. The van der Waals surface area contributed by atoms with E-state index in [-0.39, 0.29) is 12.5 Å². The molecule has 1 amide bonds. The summed E-state index contributed by atoms with van der Waals surface area (Å²) < 4.78 is 0. The zero-order valence-corrected chi connectivity index (χ0v) is 15.0. The third kappa shape index (κ3) is 6.60. The highest BCUT2D eigenvalue weighted by atomic mass is 32.1. The minimum atomic E-state index is 0.0488. The number of aliphatic imine (C=N–C) groups is 1. The average Bonchev–Trinajstić information content (AvgIpc) is 3.08. The molecule has 23 heavy (non-hydrogen) atoms. The molecule has 2 N–H and O–H groups in total. The van der Waals surface area contributed by atoms with Gasteiger partial charge in [-0.05, 0) is 41.1 Å². The van der Waals surface area contributed by atoms with Gasteiger partial charge in [-0.3, -0.25) is 4.79 Å². The molecule has 1 aromatic rings. The summed E-state index contributed by atoms with van der Waals surface area (Å²) in [6.45, 7) is 1.85. The van der Waals surface area contributed by atoms with Gasteiger partial charge in [-0.25, -0.2) is 4.99 Å². The van der Waals surface area contributed by atoms with Gasteiger partial charge in [0.15, 0.2) is 5.96 Å². The zero-order valence-electron chi connectivity index (χ0n) is 14.2. The van der Waals surface area contributed by atoms with Crippen molar-refractivity contribution in [1.29, 1.82) is 0 Å². The van der Waals surface area contributed by atoms with Gasteiger partial charge in [0.2, 0.25) is 5.91 Å². The van der Waals surface area contributed by atoms with E-state index in [1.54, 1.807) is 30.3 Å². The molecular formula is C17H28N4OS. The molecule has 0 unspecified atom stereocenters. The normalized spacial score (nSPS) is 16.2. The second-order valence-electron chi connectivity index (χ2n) is 6.32. The number of hydrogen-bond acceptors (Lipinski definition) is 3. The number of rotatable bonds is 6. The Morgan fingerprint density at radius 2 is 2.09 bits per heavy atom. The fourth-order valence-corrected chi connectivity index (χ4v) is 3.34. The quantitative estimate of drug-likeness (QED) is 0.620. The Hall–Kier alpha value is -1.56. The molecule has 1 fully saturated rings. The van der Waals surface area contributed by atoms with E-state index in [0.29, 0.717) is 6.54 Å². The molecule has 128 valence electrons. The summed E-state index contributed by atoms with van der Waals surface area (Å²) in [6, 6.07) is 2.08. The Bertz CT molecular complexity index is 493. The monoisotopic (exact) mass is 336 g/mol. The topological polar surface area (TPSA) is 56.7 Å². The summed E-state index contributed by atoms with van der Waals surface area (Å²) in [7, 11) is 3.53. The van der Waals surface area contributed by atoms with Gasteiger partial charge in [0.1, 0.15) is 0 Å². The predicted octanol–water partition coefficient (Wildman–Crippen LogP) is 2.45. The molecule has 1 aliphatic rings. The number of hydrogen-bond donors (Lipinski definition) is 2. The van der Waals surface area contributed by atoms with Gasteiger partial charge in [-0.15, -0.1) is 0 Å². The molecule has 1 aromatic heterocycles. The fraction of sp³-hybridized carbons (Fsp3) is 0.647. The van der Waals surface area contributed by atoms with Crippen LogP contribution in [0.25, 0.3) is 0 Å². The molecule has 5 nitrogen and oxygen atoms in total. The van der Waals surface area contributed by atoms with Gasteiger partial charge in [0.05, 0.1) is 13.1 Å². The minimum Gasteiger partial charge on any atom is -0.356 e. The fourth-order valence-electron chi connectivity index (χ4n) is 2.68. The van der Waals surface area contributed by atoms with Crippen molar-refractivity contribution in [3.8, 4) is 0 Å². The minimum absolute atomic E-state index is 0.0488. The third-order valence-corrected chi connectivity index (χ3v) is 4.92. The molecule has 1 saturated carbocycles. The summed E-state index contributed by atoms with van der Waals surface area (Å²) in [6.07, 6.45) is 6.62. The Kier molecular flexibility index (Phi) is 7.39. The molecule has 6 heteroatoms. The van der Waals surface area contributed by atoms with Crippen LogP contribution in [0.5, 0.6) is 0 Å². The molecule has 0 aliphatic heterocycles. The lowest BCUT2D eigenvalue weighted by Crippen LogP contribution is -2.44. The number of carbonyl (C=O) groups is 1. The SMILES string of the molecule is CN(C)C(=O)CNC(=NCc1ccsc1)NCC1CCCCC1. The van der Waals surface area contributed by atoms with Crippen LogP contribution in [-0.2, 0) is 11.3 Å². The second kappa shape index (κ2) is 9.55. The molecule has 1 heterocycles. The van der Waals surface area contributed by atoms with Crippen molar-refractivity contribution in [2.24, 2.45) is 10.9 Å². The maximum absolute atomic E-state index is 11.8. The van der Waals surface area contributed by atoms with E-state index in [0.717, 1.165) is 18.4 Å². The van der Waals surface area contributed by atoms with Crippen molar-refractivity contribution in [2.45, 2.75) is 38.6 Å². The molecule has 1 aliphatic carbocycles. The first kappa shape index (κ1) is 17.8. The van der Waals surface area contributed by atoms with Crippen molar-refractivity contribution in [3.05, 3.63) is 22.4 Å². The van der Waals surface area contributed by atoms with Gasteiger partial charge >= 0.3 is 0 Å². The lowest BCUT2D eigenvalue weighted by atomic mass is 9.89. The van der Waals surface area contributed by atoms with Crippen molar-refractivity contribution < 1.29 is 4.79 Å². The van der Waals surface area contributed by atoms with Crippen LogP contribution in [0.15, 0.2) is 21.8 Å². The van der Waals surface area contributed by atoms with Crippen LogP contribution in [0, 0.1) is 5.92 Å². The summed E-state index contributed by atoms with van der Waals surface area (Å²) in [5.41, 5.74) is 1.20. The molecule has 0 atom stereocenters. The van der Waals surface area contributed by atoms with Crippen molar-refractivity contribution >= 4 is 23.2 Å². The Labute approximate surface area is 143 Å². The summed E-state index contributed by atoms with van der Waals surface area (Å²) >= 11 is 1.68. The Balaban J connectivity index is 1.86. The Morgan fingerprint density at radius 3 is 2.74 bits per heavy atom. The van der Waals surface area contributed by atoms with Gasteiger partial charge in [-0.1, -0.05) is 19.3 Å². The van der Waals surface area contributed by atoms with Gasteiger partial charge in [0, 0.05) is 20.6 Å². The van der Waals surface area contributed by atoms with E-state index in [2.05, 4.69) is 32.5 Å². The van der Waals surface area contributed by atoms with Crippen molar-refractivity contribution in [2.75, 3.05) is 27.2 Å². The number of likely N-dealkylation sites (N-methyl/N-ethyl adjacent to an activating group) is 1. The lowest BCUT2D eigenvalue weighted by Gasteiger charge is -2.23.